The summed E-state index contributed by atoms with van der Waals surface area (Å²) >= 11 is 0. The van der Waals surface area contributed by atoms with Gasteiger partial charge >= 0.3 is 11.9 Å². The first kappa shape index (κ1) is 35.1. The quantitative estimate of drug-likeness (QED) is 0.223. The second-order valence-electron chi connectivity index (χ2n) is 19.8. The molecule has 9 aliphatic heterocycles. The summed E-state index contributed by atoms with van der Waals surface area (Å²) in [6.07, 6.45) is 18.2. The predicted octanol–water partition coefficient (Wildman–Crippen LogP) is 8.07. The van der Waals surface area contributed by atoms with Crippen LogP contribution in [0.2, 0.25) is 0 Å². The lowest BCUT2D eigenvalue weighted by atomic mass is 9.31. The summed E-state index contributed by atoms with van der Waals surface area (Å²) in [5.74, 6) is 2.45. The summed E-state index contributed by atoms with van der Waals surface area (Å²) in [5.41, 5.74) is 10.1. The molecule has 13 aliphatic rings. The third kappa shape index (κ3) is 4.42. The van der Waals surface area contributed by atoms with Gasteiger partial charge in [-0.2, -0.15) is 0 Å². The number of benzene rings is 1. The van der Waals surface area contributed by atoms with Crippen molar-refractivity contribution in [2.24, 2.45) is 52.1 Å². The molecule has 2 saturated carbocycles. The van der Waals surface area contributed by atoms with Crippen molar-refractivity contribution in [3.8, 4) is 0 Å². The third-order valence-electron chi connectivity index (χ3n) is 17.2. The fourth-order valence-corrected chi connectivity index (χ4v) is 15.5. The van der Waals surface area contributed by atoms with Crippen LogP contribution in [0.1, 0.15) is 132 Å². The van der Waals surface area contributed by atoms with Crippen molar-refractivity contribution in [1.29, 1.82) is 0 Å². The standard InChI is InChI=1S/C47H61N3O5/c1-3-8-39-45-23-32-16-17-46(45,47(39)35-13-6-11-30(12-7-18-48)40(35)43(52)55-47)42(54-44(45)53)38(51)22-37(29-9-4-5-10-29)49-24-28-21-33(26-49)36-15-14-31-19-27(2)20-34(32)41(31)50(36)25-28/h6,11,13,23,27-29,33-34,36-37,39,51H,3-5,7-10,12,14-22,24-26,48H2,1-2H3/b42-38+/t27-,28-,33+,34+,36+,37+,39+,45+,46-,47-/m1/s1. The van der Waals surface area contributed by atoms with Gasteiger partial charge in [-0.15, -0.1) is 0 Å². The Bertz CT molecular complexity index is 1930. The highest BCUT2D eigenvalue weighted by molar-refractivity contribution is 5.99. The largest absolute Gasteiger partial charge is 0.509 e. The molecule has 4 aliphatic carbocycles. The number of fused-ring (bicyclic) bond motifs is 2. The van der Waals surface area contributed by atoms with Gasteiger partial charge in [-0.1, -0.05) is 68.5 Å². The Hall–Kier alpha value is -3.10. The van der Waals surface area contributed by atoms with Crippen LogP contribution < -0.4 is 5.73 Å². The third-order valence-corrected chi connectivity index (χ3v) is 17.2. The first-order chi connectivity index (χ1) is 26.8. The van der Waals surface area contributed by atoms with Crippen LogP contribution in [0.15, 0.2) is 52.6 Å². The molecular formula is C47H61N3O5. The van der Waals surface area contributed by atoms with Gasteiger partial charge in [0.15, 0.2) is 11.4 Å². The topological polar surface area (TPSA) is 105 Å². The number of aryl methyl sites for hydroxylation is 1. The fraction of sp³-hybridized carbons (Fsp3) is 0.702. The van der Waals surface area contributed by atoms with E-state index >= 15 is 4.79 Å². The molecule has 11 atom stereocenters. The zero-order valence-corrected chi connectivity index (χ0v) is 33.1. The molecule has 0 radical (unpaired) electrons. The highest BCUT2D eigenvalue weighted by Gasteiger charge is 2.91. The number of rotatable bonds is 6. The van der Waals surface area contributed by atoms with Crippen molar-refractivity contribution in [2.45, 2.75) is 134 Å². The van der Waals surface area contributed by atoms with Crippen molar-refractivity contribution in [1.82, 2.24) is 9.80 Å². The van der Waals surface area contributed by atoms with E-state index in [1.165, 1.54) is 56.9 Å². The number of hydrogen-bond donors (Lipinski definition) is 2. The zero-order chi connectivity index (χ0) is 37.4. The number of carbonyl (C=O) groups is 2. The van der Waals surface area contributed by atoms with Crippen LogP contribution in [0.4, 0.5) is 0 Å². The minimum atomic E-state index is -1.09. The van der Waals surface area contributed by atoms with E-state index in [1.807, 2.05) is 6.07 Å². The van der Waals surface area contributed by atoms with Gasteiger partial charge in [0.05, 0.1) is 11.0 Å². The summed E-state index contributed by atoms with van der Waals surface area (Å²) < 4.78 is 13.7. The fourth-order valence-electron chi connectivity index (χ4n) is 15.5. The maximum atomic E-state index is 15.2. The molecule has 0 aromatic heterocycles. The second-order valence-corrected chi connectivity index (χ2v) is 19.8. The van der Waals surface area contributed by atoms with Crippen LogP contribution in [0.3, 0.4) is 0 Å². The number of ether oxygens (including phenoxy) is 2. The number of hydrogen-bond acceptors (Lipinski definition) is 8. The molecule has 3 N–H and O–H groups in total. The molecule has 1 unspecified atom stereocenters. The van der Waals surface area contributed by atoms with E-state index in [4.69, 9.17) is 15.2 Å². The number of allylic oxidation sites excluding steroid dienone is 2. The highest BCUT2D eigenvalue weighted by atomic mass is 16.6. The van der Waals surface area contributed by atoms with Gasteiger partial charge in [-0.3, -0.25) is 9.69 Å². The van der Waals surface area contributed by atoms with Crippen LogP contribution in [-0.4, -0.2) is 65.1 Å². The molecule has 55 heavy (non-hydrogen) atoms. The minimum absolute atomic E-state index is 0.196. The summed E-state index contributed by atoms with van der Waals surface area (Å²) in [5, 5.41) is 12.9. The number of nitrogens with zero attached hydrogens (tertiary/aromatic N) is 2. The first-order valence-electron chi connectivity index (χ1n) is 22.4. The molecule has 294 valence electrons. The maximum Gasteiger partial charge on any atom is 0.339 e. The average Bonchev–Trinajstić information content (AvgIpc) is 3.89. The van der Waals surface area contributed by atoms with Crippen molar-refractivity contribution >= 4 is 11.9 Å². The van der Waals surface area contributed by atoms with Crippen LogP contribution in [-0.2, 0) is 26.3 Å². The van der Waals surface area contributed by atoms with Gasteiger partial charge in [-0.05, 0) is 113 Å². The molecule has 5 fully saturated rings. The average molecular weight is 748 g/mol. The Morgan fingerprint density at radius 3 is 2.67 bits per heavy atom. The molecule has 8 heteroatoms. The molecule has 1 aromatic rings. The maximum absolute atomic E-state index is 15.2. The molecule has 1 aromatic carbocycles. The van der Waals surface area contributed by atoms with E-state index in [9.17, 15) is 9.90 Å². The first-order valence-corrected chi connectivity index (χ1v) is 22.4. The number of piperidine rings is 2. The Morgan fingerprint density at radius 1 is 1.00 bits per heavy atom. The van der Waals surface area contributed by atoms with Crippen LogP contribution in [0.25, 0.3) is 0 Å². The molecule has 3 saturated heterocycles. The molecule has 9 heterocycles. The summed E-state index contributed by atoms with van der Waals surface area (Å²) in [4.78, 5) is 35.4. The molecular weight excluding hydrogens is 687 g/mol. The predicted molar refractivity (Wildman–Crippen MR) is 209 cm³/mol. The zero-order valence-electron chi connectivity index (χ0n) is 33.1. The van der Waals surface area contributed by atoms with Crippen molar-refractivity contribution < 1.29 is 24.2 Å². The van der Waals surface area contributed by atoms with E-state index in [-0.39, 0.29) is 35.6 Å². The smallest absolute Gasteiger partial charge is 0.339 e. The molecule has 0 amide bonds. The number of aliphatic hydroxyl groups excluding tert-OH is 1. The van der Waals surface area contributed by atoms with Crippen LogP contribution in [0.5, 0.6) is 0 Å². The number of nitrogens with two attached hydrogens (primary N) is 1. The molecule has 8 nitrogen and oxygen atoms in total. The molecule has 2 spiro atoms. The SMILES string of the molecule is CCC[C@@H]1[C@@]2(OC(=O)c3c(CCCN)cccc32)[C@@]23CCC4=C[C@@]12C(=O)O/C3=C(/O)C[C@@H](C1CCCC1)N1C[C@H]2C[C@@H](C1)[C@@H]1CCC3=C([C@H]4C[C@H](C)C3)N1C2. The van der Waals surface area contributed by atoms with E-state index in [0.717, 1.165) is 62.9 Å². The number of carbonyl (C=O) groups excluding carboxylic acids is 2. The van der Waals surface area contributed by atoms with E-state index < -0.39 is 16.4 Å². The molecule has 10 bridgehead atoms. The van der Waals surface area contributed by atoms with Gasteiger partial charge in [0.2, 0.25) is 0 Å². The molecule has 14 rings (SSSR count). The van der Waals surface area contributed by atoms with Gasteiger partial charge in [0.1, 0.15) is 11.2 Å². The monoisotopic (exact) mass is 747 g/mol. The normalized spacial score (nSPS) is 43.9. The second kappa shape index (κ2) is 12.4. The Kier molecular flexibility index (Phi) is 7.94. The van der Waals surface area contributed by atoms with Gasteiger partial charge in [-0.25, -0.2) is 4.79 Å². The highest BCUT2D eigenvalue weighted by Crippen LogP contribution is 2.85. The number of esters is 2. The van der Waals surface area contributed by atoms with Crippen molar-refractivity contribution in [3.05, 3.63) is 69.3 Å². The van der Waals surface area contributed by atoms with Crippen molar-refractivity contribution in [2.75, 3.05) is 26.2 Å². The summed E-state index contributed by atoms with van der Waals surface area (Å²) in [6.45, 7) is 8.45. The Morgan fingerprint density at radius 2 is 1.85 bits per heavy atom. The van der Waals surface area contributed by atoms with E-state index in [2.05, 4.69) is 41.9 Å². The van der Waals surface area contributed by atoms with Gasteiger partial charge < -0.3 is 25.2 Å². The van der Waals surface area contributed by atoms with E-state index in [1.54, 1.807) is 11.3 Å². The van der Waals surface area contributed by atoms with Gasteiger partial charge in [0, 0.05) is 61.2 Å². The van der Waals surface area contributed by atoms with Crippen LogP contribution in [0, 0.1) is 46.3 Å². The lowest BCUT2D eigenvalue weighted by Crippen LogP contribution is -2.75. The van der Waals surface area contributed by atoms with E-state index in [0.29, 0.717) is 66.8 Å². The lowest BCUT2D eigenvalue weighted by molar-refractivity contribution is -0.272. The summed E-state index contributed by atoms with van der Waals surface area (Å²) in [6, 6.07) is 6.96. The lowest BCUT2D eigenvalue weighted by Gasteiger charge is -2.69. The Balaban J connectivity index is 1.16. The van der Waals surface area contributed by atoms with Crippen LogP contribution >= 0.6 is 0 Å². The summed E-state index contributed by atoms with van der Waals surface area (Å²) in [7, 11) is 0. The van der Waals surface area contributed by atoms with Gasteiger partial charge in [0.25, 0.3) is 0 Å². The number of aliphatic hydroxyl groups is 1. The minimum Gasteiger partial charge on any atom is -0.509 e. The van der Waals surface area contributed by atoms with Crippen molar-refractivity contribution in [3.63, 3.8) is 0 Å². The Labute approximate surface area is 326 Å².